The van der Waals surface area contributed by atoms with Crippen LogP contribution in [0.2, 0.25) is 0 Å². The van der Waals surface area contributed by atoms with Crippen molar-refractivity contribution < 1.29 is 28.0 Å². The molecule has 11 nitrogen and oxygen atoms in total. The normalized spacial score (nSPS) is 20.4. The Morgan fingerprint density at radius 1 is 1.42 bits per heavy atom. The molecule has 2 aromatic heterocycles. The number of pyridine rings is 2. The monoisotopic (exact) mass is 495 g/mol. The third kappa shape index (κ3) is 5.44. The van der Waals surface area contributed by atoms with Gasteiger partial charge in [-0.25, -0.2) is 14.8 Å². The van der Waals surface area contributed by atoms with Gasteiger partial charge in [-0.1, -0.05) is 0 Å². The van der Waals surface area contributed by atoms with Crippen molar-refractivity contribution in [2.45, 2.75) is 45.2 Å². The second-order valence-corrected chi connectivity index (χ2v) is 8.42. The van der Waals surface area contributed by atoms with Crippen LogP contribution in [0.4, 0.5) is 16.4 Å². The number of likely N-dealkylation sites (tertiary alicyclic amines) is 1. The van der Waals surface area contributed by atoms with Crippen LogP contribution in [0, 0.1) is 11.3 Å². The summed E-state index contributed by atoms with van der Waals surface area (Å²) in [5.74, 6) is -0.00771. The fourth-order valence-corrected chi connectivity index (χ4v) is 4.06. The first-order valence-corrected chi connectivity index (χ1v) is 11.4. The van der Waals surface area contributed by atoms with Gasteiger partial charge in [0.05, 0.1) is 12.8 Å². The molecular weight excluding hydrogens is 464 g/mol. The molecule has 2 aromatic rings. The first-order chi connectivity index (χ1) is 18.6. The highest BCUT2D eigenvalue weighted by Crippen LogP contribution is 2.29. The van der Waals surface area contributed by atoms with Crippen LogP contribution in [-0.2, 0) is 22.5 Å². The molecule has 2 atom stereocenters. The van der Waals surface area contributed by atoms with E-state index in [1.807, 2.05) is 6.07 Å². The van der Waals surface area contributed by atoms with Gasteiger partial charge in [0.25, 0.3) is 0 Å². The van der Waals surface area contributed by atoms with Crippen molar-refractivity contribution in [2.75, 3.05) is 37.0 Å². The number of aromatic nitrogens is 2. The molecule has 0 bridgehead atoms. The second kappa shape index (κ2) is 11.1. The third-order valence-electron chi connectivity index (χ3n) is 5.74. The van der Waals surface area contributed by atoms with Crippen molar-refractivity contribution >= 4 is 29.9 Å². The summed E-state index contributed by atoms with van der Waals surface area (Å²) >= 11 is 0. The number of anilines is 2. The molecule has 0 saturated carbocycles. The number of carbonyl (C=O) groups is 3. The number of fused-ring (bicyclic) bond motifs is 1. The molecule has 1 N–H and O–H groups in total. The lowest BCUT2D eigenvalue weighted by molar-refractivity contribution is -0.128. The van der Waals surface area contributed by atoms with E-state index in [2.05, 4.69) is 15.3 Å². The number of methoxy groups -OCH3 is 1. The van der Waals surface area contributed by atoms with Gasteiger partial charge in [-0.2, -0.15) is 5.26 Å². The lowest BCUT2D eigenvalue weighted by Gasteiger charge is -2.29. The average Bonchev–Trinajstić information content (AvgIpc) is 3.29. The fraction of sp³-hybridized carbons (Fsp3) is 0.440. The van der Waals surface area contributed by atoms with E-state index in [9.17, 15) is 19.6 Å². The number of carbonyl (C=O) groups excluding carboxylic acids is 3. The lowest BCUT2D eigenvalue weighted by Crippen LogP contribution is -2.40. The Kier molecular flexibility index (Phi) is 6.57. The zero-order valence-corrected chi connectivity index (χ0v) is 20.0. The smallest absolute Gasteiger partial charge is 0.328 e. The summed E-state index contributed by atoms with van der Waals surface area (Å²) in [5.41, 5.74) is 0.972. The number of nitriles is 1. The van der Waals surface area contributed by atoms with Gasteiger partial charge in [0.1, 0.15) is 40.8 Å². The van der Waals surface area contributed by atoms with Crippen LogP contribution < -0.4 is 15.0 Å². The molecule has 4 rings (SSSR count). The van der Waals surface area contributed by atoms with E-state index in [1.54, 1.807) is 17.9 Å². The molecule has 2 aliphatic heterocycles. The highest BCUT2D eigenvalue weighted by atomic mass is 16.5. The maximum Gasteiger partial charge on any atom is 0.328 e. The predicted octanol–water partition coefficient (Wildman–Crippen LogP) is 2.68. The maximum absolute atomic E-state index is 13.4. The first-order valence-electron chi connectivity index (χ1n) is 13.0. The van der Waals surface area contributed by atoms with Gasteiger partial charge in [-0.15, -0.1) is 0 Å². The molecule has 1 fully saturated rings. The van der Waals surface area contributed by atoms with Gasteiger partial charge in [0, 0.05) is 48.9 Å². The van der Waals surface area contributed by atoms with Crippen molar-refractivity contribution in [3.63, 3.8) is 0 Å². The van der Waals surface area contributed by atoms with E-state index < -0.39 is 25.0 Å². The van der Waals surface area contributed by atoms with E-state index in [0.717, 1.165) is 6.42 Å². The highest BCUT2D eigenvalue weighted by molar-refractivity contribution is 6.01. The van der Waals surface area contributed by atoms with Crippen LogP contribution in [0.25, 0.3) is 0 Å². The summed E-state index contributed by atoms with van der Waals surface area (Å²) < 4.78 is 36.2. The molecule has 2 aliphatic rings. The topological polar surface area (TPSA) is 138 Å². The molecule has 3 amide bonds. The minimum absolute atomic E-state index is 0.0233. The minimum atomic E-state index is -2.48. The summed E-state index contributed by atoms with van der Waals surface area (Å²) in [6, 6.07) is 3.93. The molecule has 0 aromatic carbocycles. The van der Waals surface area contributed by atoms with Crippen LogP contribution in [0.3, 0.4) is 0 Å². The summed E-state index contributed by atoms with van der Waals surface area (Å²) in [6.07, 6.45) is 1.05. The van der Waals surface area contributed by atoms with Crippen molar-refractivity contribution in [1.82, 2.24) is 14.9 Å². The lowest BCUT2D eigenvalue weighted by atomic mass is 10.0. The van der Waals surface area contributed by atoms with E-state index in [4.69, 9.17) is 13.6 Å². The summed E-state index contributed by atoms with van der Waals surface area (Å²) in [7, 11) is 1.51. The molecule has 0 radical (unpaired) electrons. The average molecular weight is 496 g/mol. The van der Waals surface area contributed by atoms with Crippen LogP contribution in [0.15, 0.2) is 18.3 Å². The standard InChI is InChI=1S/C25H28N6O5/c1-16(15-35-2)36-21-10-22(27-12-19(21)11-26)29-25(34)31-8-3-5-17-9-18(20(14-32)28-24(17)31)13-30-7-4-6-23(30)33/h9-10,12,14,16H,3-8,13,15H2,1-2H3,(H,27,29,34)/i3D,8D2/t3-,16?/m1/s1. The Labute approximate surface area is 213 Å². The Bertz CT molecular complexity index is 1330. The Hall–Kier alpha value is -4.04. The zero-order valence-electron chi connectivity index (χ0n) is 23.0. The number of hydrogen-bond acceptors (Lipinski definition) is 8. The van der Waals surface area contributed by atoms with E-state index in [-0.39, 0.29) is 54.1 Å². The van der Waals surface area contributed by atoms with Crippen LogP contribution >= 0.6 is 0 Å². The second-order valence-electron chi connectivity index (χ2n) is 8.42. The molecule has 0 aliphatic carbocycles. The number of rotatable bonds is 8. The molecular formula is C25H28N6O5. The molecule has 4 heterocycles. The van der Waals surface area contributed by atoms with Gasteiger partial charge >= 0.3 is 6.03 Å². The quantitative estimate of drug-likeness (QED) is 0.552. The summed E-state index contributed by atoms with van der Waals surface area (Å²) in [6.45, 7) is 0.230. The van der Waals surface area contributed by atoms with E-state index >= 15 is 0 Å². The van der Waals surface area contributed by atoms with E-state index in [0.29, 0.717) is 35.3 Å². The highest BCUT2D eigenvalue weighted by Gasteiger charge is 2.28. The number of nitrogens with zero attached hydrogens (tertiary/aromatic N) is 5. The van der Waals surface area contributed by atoms with Crippen LogP contribution in [-0.4, -0.2) is 66.0 Å². The van der Waals surface area contributed by atoms with E-state index in [1.165, 1.54) is 19.4 Å². The largest absolute Gasteiger partial charge is 0.487 e. The van der Waals surface area contributed by atoms with Gasteiger partial charge in [0.2, 0.25) is 5.91 Å². The van der Waals surface area contributed by atoms with Gasteiger partial charge in [-0.05, 0) is 37.8 Å². The SMILES string of the molecule is [2H][C@@H]1Cc2cc(CN3CCCC3=O)c(C=O)nc2N(C(=O)Nc2cc(OC(C)COC)c(C#N)cn2)C1([2H])[2H]. The molecule has 11 heteroatoms. The van der Waals surface area contributed by atoms with Crippen LogP contribution in [0.5, 0.6) is 5.75 Å². The first kappa shape index (κ1) is 21.3. The van der Waals surface area contributed by atoms with Gasteiger partial charge in [-0.3, -0.25) is 19.8 Å². The maximum atomic E-state index is 13.4. The number of aldehydes is 1. The van der Waals surface area contributed by atoms with Crippen molar-refractivity contribution in [3.05, 3.63) is 40.7 Å². The summed E-state index contributed by atoms with van der Waals surface area (Å²) in [5, 5.41) is 11.9. The number of urea groups is 1. The van der Waals surface area contributed by atoms with Crippen LogP contribution in [0.1, 0.15) is 57.5 Å². The van der Waals surface area contributed by atoms with Crippen molar-refractivity contribution in [3.8, 4) is 11.8 Å². The van der Waals surface area contributed by atoms with Crippen molar-refractivity contribution in [1.29, 1.82) is 5.26 Å². The van der Waals surface area contributed by atoms with Crippen molar-refractivity contribution in [2.24, 2.45) is 0 Å². The number of hydrogen-bond donors (Lipinski definition) is 1. The van der Waals surface area contributed by atoms with Gasteiger partial charge < -0.3 is 14.4 Å². The Morgan fingerprint density at radius 2 is 2.25 bits per heavy atom. The van der Waals surface area contributed by atoms with Gasteiger partial charge in [0.15, 0.2) is 6.29 Å². The molecule has 0 spiro atoms. The number of amides is 3. The zero-order chi connectivity index (χ0) is 28.3. The summed E-state index contributed by atoms with van der Waals surface area (Å²) in [4.78, 5) is 48.2. The predicted molar refractivity (Wildman–Crippen MR) is 130 cm³/mol. The Morgan fingerprint density at radius 3 is 2.94 bits per heavy atom. The molecule has 36 heavy (non-hydrogen) atoms. The molecule has 1 unspecified atom stereocenters. The fourth-order valence-electron chi connectivity index (χ4n) is 4.06. The number of nitrogens with one attached hydrogen (secondary N) is 1. The number of ether oxygens (including phenoxy) is 2. The molecule has 1 saturated heterocycles. The Balaban J connectivity index is 1.66. The molecule has 188 valence electrons. The minimum Gasteiger partial charge on any atom is -0.487 e. The number of aryl methyl sites for hydroxylation is 1. The third-order valence-corrected chi connectivity index (χ3v) is 5.74.